The van der Waals surface area contributed by atoms with Gasteiger partial charge in [-0.3, -0.25) is 4.79 Å². The molecule has 1 aromatic carbocycles. The Morgan fingerprint density at radius 1 is 1.22 bits per heavy atom. The Morgan fingerprint density at radius 3 is 2.35 bits per heavy atom. The van der Waals surface area contributed by atoms with Crippen LogP contribution in [-0.4, -0.2) is 23.5 Å². The van der Waals surface area contributed by atoms with Crippen molar-refractivity contribution in [1.29, 1.82) is 0 Å². The van der Waals surface area contributed by atoms with Gasteiger partial charge in [0.15, 0.2) is 6.61 Å². The van der Waals surface area contributed by atoms with Crippen LogP contribution in [0.25, 0.3) is 0 Å². The maximum absolute atomic E-state index is 11.9. The fourth-order valence-electron chi connectivity index (χ4n) is 1.52. The van der Waals surface area contributed by atoms with E-state index < -0.39 is 18.5 Å². The Hall–Kier alpha value is -1.05. The van der Waals surface area contributed by atoms with Crippen LogP contribution in [0, 0.1) is 6.92 Å². The number of rotatable bonds is 4. The average molecular weight is 414 g/mol. The molecule has 1 aromatic heterocycles. The summed E-state index contributed by atoms with van der Waals surface area (Å²) in [7, 11) is 0. The van der Waals surface area contributed by atoms with E-state index in [-0.39, 0.29) is 25.8 Å². The number of esters is 1. The maximum atomic E-state index is 11.9. The number of nitrogens with zero attached hydrogens (tertiary/aromatic N) is 1. The van der Waals surface area contributed by atoms with Crippen LogP contribution in [0.15, 0.2) is 12.3 Å². The molecule has 2 aromatic rings. The Labute approximate surface area is 155 Å². The van der Waals surface area contributed by atoms with E-state index in [9.17, 15) is 9.59 Å². The van der Waals surface area contributed by atoms with Crippen LogP contribution >= 0.6 is 57.7 Å². The Balaban J connectivity index is 2.02. The van der Waals surface area contributed by atoms with Gasteiger partial charge in [-0.15, -0.1) is 11.3 Å². The summed E-state index contributed by atoms with van der Waals surface area (Å²) in [5.74, 6) is -1.28. The highest BCUT2D eigenvalue weighted by atomic mass is 35.5. The number of carbonyl (C=O) groups is 2. The molecule has 1 amide bonds. The van der Waals surface area contributed by atoms with Gasteiger partial charge in [0, 0.05) is 0 Å². The van der Waals surface area contributed by atoms with Crippen molar-refractivity contribution in [2.45, 2.75) is 6.92 Å². The van der Waals surface area contributed by atoms with Crippen molar-refractivity contribution in [3.8, 4) is 0 Å². The summed E-state index contributed by atoms with van der Waals surface area (Å²) in [5, 5.41) is 3.47. The predicted octanol–water partition coefficient (Wildman–Crippen LogP) is 4.86. The first-order valence-electron chi connectivity index (χ1n) is 6.02. The second kappa shape index (κ2) is 7.68. The van der Waals surface area contributed by atoms with Crippen LogP contribution in [0.3, 0.4) is 0 Å². The van der Waals surface area contributed by atoms with Gasteiger partial charge in [-0.05, 0) is 13.0 Å². The lowest BCUT2D eigenvalue weighted by Crippen LogP contribution is -2.21. The van der Waals surface area contributed by atoms with Gasteiger partial charge in [0.25, 0.3) is 5.91 Å². The van der Waals surface area contributed by atoms with Crippen LogP contribution in [-0.2, 0) is 9.53 Å². The van der Waals surface area contributed by atoms with Crippen molar-refractivity contribution < 1.29 is 14.3 Å². The van der Waals surface area contributed by atoms with Crippen LogP contribution in [0.2, 0.25) is 20.1 Å². The molecule has 0 aliphatic carbocycles. The molecular formula is C13H8Cl4N2O3S. The first-order chi connectivity index (χ1) is 10.8. The van der Waals surface area contributed by atoms with Crippen molar-refractivity contribution in [2.75, 3.05) is 11.9 Å². The molecule has 0 saturated heterocycles. The molecule has 0 atom stereocenters. The predicted molar refractivity (Wildman–Crippen MR) is 92.2 cm³/mol. The number of thiazole rings is 1. The van der Waals surface area contributed by atoms with Gasteiger partial charge in [0.2, 0.25) is 0 Å². The monoisotopic (exact) mass is 412 g/mol. The summed E-state index contributed by atoms with van der Waals surface area (Å²) in [4.78, 5) is 27.8. The number of amides is 1. The Morgan fingerprint density at radius 2 is 1.83 bits per heavy atom. The number of hydrogen-bond donors (Lipinski definition) is 1. The number of halogens is 4. The molecule has 122 valence electrons. The lowest BCUT2D eigenvalue weighted by molar-refractivity contribution is -0.119. The number of nitrogens with one attached hydrogen (secondary N) is 1. The van der Waals surface area contributed by atoms with E-state index in [4.69, 9.17) is 51.1 Å². The minimum absolute atomic E-state index is 0.0406. The first-order valence-corrected chi connectivity index (χ1v) is 8.34. The van der Waals surface area contributed by atoms with E-state index in [1.165, 1.54) is 23.6 Å². The number of anilines is 1. The van der Waals surface area contributed by atoms with Gasteiger partial charge in [0.05, 0.1) is 37.0 Å². The molecule has 0 unspecified atom stereocenters. The number of benzene rings is 1. The van der Waals surface area contributed by atoms with Crippen LogP contribution in [0.4, 0.5) is 5.69 Å². The highest BCUT2D eigenvalue weighted by molar-refractivity contribution is 7.13. The number of aromatic nitrogens is 1. The molecule has 0 aliphatic heterocycles. The zero-order chi connectivity index (χ0) is 17.1. The fraction of sp³-hybridized carbons (Fsp3) is 0.154. The molecule has 0 radical (unpaired) electrons. The smallest absolute Gasteiger partial charge is 0.350 e. The zero-order valence-corrected chi connectivity index (χ0v) is 15.3. The maximum Gasteiger partial charge on any atom is 0.350 e. The van der Waals surface area contributed by atoms with E-state index >= 15 is 0 Å². The van der Waals surface area contributed by atoms with Gasteiger partial charge in [-0.25, -0.2) is 9.78 Å². The molecular weight excluding hydrogens is 406 g/mol. The quantitative estimate of drug-likeness (QED) is 0.573. The summed E-state index contributed by atoms with van der Waals surface area (Å²) >= 11 is 24.8. The molecule has 1 N–H and O–H groups in total. The molecule has 1 heterocycles. The summed E-state index contributed by atoms with van der Waals surface area (Å²) in [6.45, 7) is 1.23. The van der Waals surface area contributed by atoms with Gasteiger partial charge < -0.3 is 10.1 Å². The molecule has 0 saturated carbocycles. The molecule has 0 bridgehead atoms. The van der Waals surface area contributed by atoms with E-state index in [1.54, 1.807) is 6.92 Å². The summed E-state index contributed by atoms with van der Waals surface area (Å²) in [6.07, 6.45) is 1.38. The topological polar surface area (TPSA) is 68.3 Å². The van der Waals surface area contributed by atoms with Gasteiger partial charge >= 0.3 is 5.97 Å². The van der Waals surface area contributed by atoms with Crippen molar-refractivity contribution in [2.24, 2.45) is 0 Å². The van der Waals surface area contributed by atoms with Crippen molar-refractivity contribution >= 4 is 75.3 Å². The minimum atomic E-state index is -0.646. The van der Waals surface area contributed by atoms with Gasteiger partial charge in [0.1, 0.15) is 4.88 Å². The number of ether oxygens (including phenoxy) is 1. The normalized spacial score (nSPS) is 10.5. The number of carbonyl (C=O) groups excluding carboxylic acids is 2. The first kappa shape index (κ1) is 18.3. The number of aryl methyl sites for hydroxylation is 1. The van der Waals surface area contributed by atoms with E-state index in [1.807, 2.05) is 0 Å². The van der Waals surface area contributed by atoms with Crippen molar-refractivity contribution in [1.82, 2.24) is 4.98 Å². The van der Waals surface area contributed by atoms with Gasteiger partial charge in [-0.2, -0.15) is 0 Å². The lowest BCUT2D eigenvalue weighted by atomic mass is 10.3. The Bertz CT molecular complexity index is 753. The minimum Gasteiger partial charge on any atom is -0.451 e. The third-order valence-electron chi connectivity index (χ3n) is 2.53. The summed E-state index contributed by atoms with van der Waals surface area (Å²) < 4.78 is 4.88. The average Bonchev–Trinajstić information content (AvgIpc) is 2.94. The number of hydrogen-bond acceptors (Lipinski definition) is 5. The van der Waals surface area contributed by atoms with Crippen LogP contribution < -0.4 is 5.32 Å². The van der Waals surface area contributed by atoms with E-state index in [0.29, 0.717) is 9.88 Å². The van der Waals surface area contributed by atoms with Gasteiger partial charge in [-0.1, -0.05) is 46.4 Å². The molecule has 0 fully saturated rings. The van der Waals surface area contributed by atoms with Crippen molar-refractivity contribution in [3.05, 3.63) is 42.2 Å². The molecule has 2 rings (SSSR count). The van der Waals surface area contributed by atoms with E-state index in [0.717, 1.165) is 0 Å². The second-order valence-electron chi connectivity index (χ2n) is 4.21. The standard InChI is InChI=1S/C13H8Cl4N2O3S/c1-5-18-3-8(23-5)13(21)22-4-9(20)19-12-10(16)6(14)2-7(15)11(12)17/h2-3H,4H2,1H3,(H,19,20). The van der Waals surface area contributed by atoms with Crippen LogP contribution in [0.1, 0.15) is 14.7 Å². The summed E-state index contributed by atoms with van der Waals surface area (Å²) in [6, 6.07) is 1.36. The third kappa shape index (κ3) is 4.49. The fourth-order valence-corrected chi connectivity index (χ4v) is 3.09. The third-order valence-corrected chi connectivity index (χ3v) is 5.00. The van der Waals surface area contributed by atoms with E-state index in [2.05, 4.69) is 10.3 Å². The molecule has 5 nitrogen and oxygen atoms in total. The lowest BCUT2D eigenvalue weighted by Gasteiger charge is -2.11. The zero-order valence-electron chi connectivity index (χ0n) is 11.5. The highest BCUT2D eigenvalue weighted by Crippen LogP contribution is 2.40. The molecule has 0 aliphatic rings. The highest BCUT2D eigenvalue weighted by Gasteiger charge is 2.18. The largest absolute Gasteiger partial charge is 0.451 e. The van der Waals surface area contributed by atoms with Crippen molar-refractivity contribution in [3.63, 3.8) is 0 Å². The van der Waals surface area contributed by atoms with Crippen LogP contribution in [0.5, 0.6) is 0 Å². The molecule has 0 spiro atoms. The Kier molecular flexibility index (Phi) is 6.11. The molecule has 10 heteroatoms. The summed E-state index contributed by atoms with van der Waals surface area (Å²) in [5.41, 5.74) is 0.0560. The second-order valence-corrected chi connectivity index (χ2v) is 7.02. The SMILES string of the molecule is Cc1ncc(C(=O)OCC(=O)Nc2c(Cl)c(Cl)cc(Cl)c2Cl)s1. The molecule has 23 heavy (non-hydrogen) atoms.